The molecule has 33 heavy (non-hydrogen) atoms. The van der Waals surface area contributed by atoms with Crippen molar-refractivity contribution < 1.29 is 23.9 Å². The van der Waals surface area contributed by atoms with Gasteiger partial charge in [-0.3, -0.25) is 4.79 Å². The van der Waals surface area contributed by atoms with Crippen molar-refractivity contribution >= 4 is 34.2 Å². The molecular weight excluding hydrogens is 440 g/mol. The van der Waals surface area contributed by atoms with E-state index in [1.165, 1.54) is 14.2 Å². The lowest BCUT2D eigenvalue weighted by atomic mass is 9.98. The predicted octanol–water partition coefficient (Wildman–Crippen LogP) is 4.34. The lowest BCUT2D eigenvalue weighted by Gasteiger charge is -2.20. The first-order valence-corrected chi connectivity index (χ1v) is 11.2. The Morgan fingerprint density at radius 3 is 1.94 bits per heavy atom. The first-order valence-electron chi connectivity index (χ1n) is 10.4. The maximum Gasteiger partial charge on any atom is 0.348 e. The Hall–Kier alpha value is -3.49. The van der Waals surface area contributed by atoms with Gasteiger partial charge in [0.1, 0.15) is 9.88 Å². The van der Waals surface area contributed by atoms with E-state index >= 15 is 0 Å². The van der Waals surface area contributed by atoms with E-state index in [4.69, 9.17) is 9.47 Å². The zero-order valence-corrected chi connectivity index (χ0v) is 19.5. The molecule has 0 spiro atoms. The van der Waals surface area contributed by atoms with E-state index < -0.39 is 11.9 Å². The Kier molecular flexibility index (Phi) is 8.34. The molecule has 0 bridgehead atoms. The van der Waals surface area contributed by atoms with Crippen LogP contribution in [0.5, 0.6) is 0 Å². The lowest BCUT2D eigenvalue weighted by molar-refractivity contribution is -0.116. The van der Waals surface area contributed by atoms with E-state index in [2.05, 4.69) is 10.6 Å². The Labute approximate surface area is 196 Å². The van der Waals surface area contributed by atoms with Gasteiger partial charge in [-0.2, -0.15) is 0 Å². The minimum absolute atomic E-state index is 0.0688. The van der Waals surface area contributed by atoms with Crippen molar-refractivity contribution in [3.63, 3.8) is 0 Å². The molecule has 8 heteroatoms. The van der Waals surface area contributed by atoms with Crippen molar-refractivity contribution in [1.29, 1.82) is 0 Å². The fraction of sp³-hybridized carbons (Fsp3) is 0.240. The van der Waals surface area contributed by atoms with Gasteiger partial charge >= 0.3 is 11.9 Å². The molecule has 2 N–H and O–H groups in total. The van der Waals surface area contributed by atoms with Crippen LogP contribution < -0.4 is 10.6 Å². The summed E-state index contributed by atoms with van der Waals surface area (Å²) in [7, 11) is 2.51. The quantitative estimate of drug-likeness (QED) is 0.456. The molecule has 3 rings (SSSR count). The number of amides is 1. The number of nitrogens with one attached hydrogen (secondary N) is 2. The third-order valence-electron chi connectivity index (χ3n) is 5.13. The smallest absolute Gasteiger partial charge is 0.348 e. The van der Waals surface area contributed by atoms with Crippen LogP contribution in [0, 0.1) is 6.92 Å². The molecule has 0 saturated carbocycles. The highest BCUT2D eigenvalue weighted by molar-refractivity contribution is 7.18. The maximum absolute atomic E-state index is 12.7. The zero-order valence-electron chi connectivity index (χ0n) is 18.7. The van der Waals surface area contributed by atoms with E-state index in [-0.39, 0.29) is 33.8 Å². The highest BCUT2D eigenvalue weighted by atomic mass is 32.1. The number of ether oxygens (including phenoxy) is 2. The number of hydrogen-bond acceptors (Lipinski definition) is 7. The number of carbonyl (C=O) groups excluding carboxylic acids is 3. The molecule has 1 amide bonds. The monoisotopic (exact) mass is 466 g/mol. The number of hydrogen-bond donors (Lipinski definition) is 2. The van der Waals surface area contributed by atoms with Crippen molar-refractivity contribution in [2.45, 2.75) is 19.4 Å². The van der Waals surface area contributed by atoms with Gasteiger partial charge in [-0.15, -0.1) is 11.3 Å². The fourth-order valence-corrected chi connectivity index (χ4v) is 4.60. The largest absolute Gasteiger partial charge is 0.465 e. The first kappa shape index (κ1) is 24.2. The van der Waals surface area contributed by atoms with Crippen LogP contribution in [0.15, 0.2) is 60.7 Å². The molecule has 0 unspecified atom stereocenters. The van der Waals surface area contributed by atoms with Crippen molar-refractivity contribution in [2.24, 2.45) is 0 Å². The van der Waals surface area contributed by atoms with Crippen molar-refractivity contribution in [1.82, 2.24) is 5.32 Å². The Morgan fingerprint density at radius 1 is 0.879 bits per heavy atom. The molecule has 0 aliphatic carbocycles. The number of anilines is 1. The van der Waals surface area contributed by atoms with Gasteiger partial charge in [0.05, 0.1) is 25.8 Å². The van der Waals surface area contributed by atoms with E-state index in [1.54, 1.807) is 6.92 Å². The van der Waals surface area contributed by atoms with Gasteiger partial charge in [-0.05, 0) is 23.6 Å². The topological polar surface area (TPSA) is 93.7 Å². The van der Waals surface area contributed by atoms with Crippen LogP contribution in [0.2, 0.25) is 0 Å². The Morgan fingerprint density at radius 2 is 1.42 bits per heavy atom. The summed E-state index contributed by atoms with van der Waals surface area (Å²) >= 11 is 0.997. The van der Waals surface area contributed by atoms with E-state index in [0.717, 1.165) is 22.5 Å². The number of esters is 2. The summed E-state index contributed by atoms with van der Waals surface area (Å²) in [5, 5.41) is 6.46. The zero-order chi connectivity index (χ0) is 23.8. The third-order valence-corrected chi connectivity index (χ3v) is 6.31. The number of thiophene rings is 1. The Bertz CT molecular complexity index is 1070. The van der Waals surface area contributed by atoms with Gasteiger partial charge in [0.25, 0.3) is 0 Å². The van der Waals surface area contributed by atoms with E-state index in [1.807, 2.05) is 60.7 Å². The van der Waals surface area contributed by atoms with Crippen LogP contribution in [-0.4, -0.2) is 38.6 Å². The number of benzene rings is 2. The number of carbonyl (C=O) groups is 3. The molecular formula is C25H26N2O5S. The minimum atomic E-state index is -0.624. The van der Waals surface area contributed by atoms with Crippen LogP contribution in [0.1, 0.15) is 49.2 Å². The fourth-order valence-electron chi connectivity index (χ4n) is 3.48. The molecule has 0 aliphatic rings. The highest BCUT2D eigenvalue weighted by Crippen LogP contribution is 2.34. The summed E-state index contributed by atoms with van der Waals surface area (Å²) < 4.78 is 9.60. The lowest BCUT2D eigenvalue weighted by Crippen LogP contribution is -2.27. The standard InChI is InChI=1S/C25H26N2O5S/c1-16-20(24(29)31-2)23(33-22(16)25(30)32-3)27-19(28)14-15-26-21(17-10-6-4-7-11-17)18-12-8-5-9-13-18/h4-13,21,26H,14-15H2,1-3H3,(H,27,28). The first-order chi connectivity index (χ1) is 16.0. The van der Waals surface area contributed by atoms with Crippen molar-refractivity contribution in [3.8, 4) is 0 Å². The number of methoxy groups -OCH3 is 2. The SMILES string of the molecule is COC(=O)c1sc(NC(=O)CCNC(c2ccccc2)c2ccccc2)c(C(=O)OC)c1C. The average molecular weight is 467 g/mol. The van der Waals surface area contributed by atoms with Crippen molar-refractivity contribution in [2.75, 3.05) is 26.1 Å². The molecule has 0 atom stereocenters. The number of rotatable bonds is 9. The molecule has 2 aromatic carbocycles. The second-order valence-electron chi connectivity index (χ2n) is 7.25. The molecule has 0 saturated heterocycles. The molecule has 7 nitrogen and oxygen atoms in total. The van der Waals surface area contributed by atoms with Crippen LogP contribution in [0.4, 0.5) is 5.00 Å². The van der Waals surface area contributed by atoms with E-state index in [9.17, 15) is 14.4 Å². The van der Waals surface area contributed by atoms with Gasteiger partial charge in [0.15, 0.2) is 0 Å². The summed E-state index contributed by atoms with van der Waals surface area (Å²) in [6.07, 6.45) is 0.168. The van der Waals surface area contributed by atoms with Gasteiger partial charge in [-0.25, -0.2) is 9.59 Å². The van der Waals surface area contributed by atoms with E-state index in [0.29, 0.717) is 12.1 Å². The summed E-state index contributed by atoms with van der Waals surface area (Å²) in [5.74, 6) is -1.48. The molecule has 1 aromatic heterocycles. The average Bonchev–Trinajstić information content (AvgIpc) is 3.17. The van der Waals surface area contributed by atoms with Gasteiger partial charge in [0.2, 0.25) is 5.91 Å². The summed E-state index contributed by atoms with van der Waals surface area (Å²) in [6, 6.07) is 19.9. The van der Waals surface area contributed by atoms with Crippen molar-refractivity contribution in [3.05, 3.63) is 87.8 Å². The molecule has 172 valence electrons. The Balaban J connectivity index is 1.71. The summed E-state index contributed by atoms with van der Waals surface area (Å²) in [4.78, 5) is 37.2. The second kappa shape index (κ2) is 11.4. The van der Waals surface area contributed by atoms with Gasteiger partial charge in [-0.1, -0.05) is 60.7 Å². The third kappa shape index (κ3) is 5.85. The van der Waals surface area contributed by atoms with Crippen LogP contribution in [-0.2, 0) is 14.3 Å². The molecule has 3 aromatic rings. The van der Waals surface area contributed by atoms with Crippen LogP contribution >= 0.6 is 11.3 Å². The molecule has 1 heterocycles. The molecule has 0 fully saturated rings. The second-order valence-corrected chi connectivity index (χ2v) is 8.27. The van der Waals surface area contributed by atoms with Gasteiger partial charge < -0.3 is 20.1 Å². The molecule has 0 radical (unpaired) electrons. The van der Waals surface area contributed by atoms with Crippen LogP contribution in [0.3, 0.4) is 0 Å². The summed E-state index contributed by atoms with van der Waals surface area (Å²) in [5.41, 5.74) is 2.76. The van der Waals surface area contributed by atoms with Crippen LogP contribution in [0.25, 0.3) is 0 Å². The molecule has 0 aliphatic heterocycles. The van der Waals surface area contributed by atoms with Gasteiger partial charge in [0, 0.05) is 13.0 Å². The maximum atomic E-state index is 12.7. The normalized spacial score (nSPS) is 10.7. The highest BCUT2D eigenvalue weighted by Gasteiger charge is 2.26. The predicted molar refractivity (Wildman–Crippen MR) is 128 cm³/mol. The summed E-state index contributed by atoms with van der Waals surface area (Å²) in [6.45, 7) is 2.03. The minimum Gasteiger partial charge on any atom is -0.465 e.